The first-order valence-corrected chi connectivity index (χ1v) is 14.5. The maximum Gasteiger partial charge on any atom is 0.243 e. The van der Waals surface area contributed by atoms with E-state index in [4.69, 9.17) is 0 Å². The van der Waals surface area contributed by atoms with E-state index < -0.39 is 5.41 Å². The second-order valence-corrected chi connectivity index (χ2v) is 11.8. The third-order valence-corrected chi connectivity index (χ3v) is 8.84. The molecule has 0 aliphatic carbocycles. The minimum Gasteiger partial charge on any atom is -0.303 e. The molecule has 7 nitrogen and oxygen atoms in total. The van der Waals surface area contributed by atoms with Crippen molar-refractivity contribution in [3.8, 4) is 6.07 Å². The number of hydrogen-bond acceptors (Lipinski definition) is 6. The van der Waals surface area contributed by atoms with Crippen molar-refractivity contribution in [2.75, 3.05) is 26.7 Å². The molecule has 0 saturated carbocycles. The lowest BCUT2D eigenvalue weighted by Gasteiger charge is -2.39. The summed E-state index contributed by atoms with van der Waals surface area (Å²) in [6.45, 7) is 9.70. The Bertz CT molecular complexity index is 1280. The van der Waals surface area contributed by atoms with Crippen molar-refractivity contribution in [1.29, 1.82) is 5.26 Å². The molecule has 0 spiro atoms. The van der Waals surface area contributed by atoms with E-state index in [1.165, 1.54) is 22.3 Å². The molecule has 0 aromatic heterocycles. The number of nitriles is 1. The minimum absolute atomic E-state index is 0.226. The van der Waals surface area contributed by atoms with E-state index >= 15 is 0 Å². The molecule has 2 aliphatic heterocycles. The molecule has 2 saturated heterocycles. The zero-order valence-corrected chi connectivity index (χ0v) is 24.4. The van der Waals surface area contributed by atoms with Crippen LogP contribution in [0.3, 0.4) is 0 Å². The number of nitrogens with one attached hydrogen (secondary N) is 1. The number of piperidine rings is 2. The number of rotatable bonds is 10. The molecule has 0 bridgehead atoms. The van der Waals surface area contributed by atoms with Crippen LogP contribution in [0.15, 0.2) is 30.3 Å². The van der Waals surface area contributed by atoms with Crippen LogP contribution in [-0.4, -0.2) is 60.6 Å². The van der Waals surface area contributed by atoms with Gasteiger partial charge in [0.1, 0.15) is 6.29 Å². The fourth-order valence-corrected chi connectivity index (χ4v) is 6.82. The molecule has 2 fully saturated rings. The van der Waals surface area contributed by atoms with Crippen molar-refractivity contribution >= 4 is 18.1 Å². The summed E-state index contributed by atoms with van der Waals surface area (Å²) in [7, 11) is 1.88. The first kappa shape index (κ1) is 29.6. The minimum atomic E-state index is -0.406. The number of aldehydes is 1. The number of nitrogens with zero attached hydrogens (tertiary/aromatic N) is 3. The molecule has 4 rings (SSSR count). The number of likely N-dealkylation sites (tertiary alicyclic amines) is 1. The van der Waals surface area contributed by atoms with Crippen LogP contribution in [0.25, 0.3) is 0 Å². The number of benzene rings is 2. The number of aryl methyl sites for hydroxylation is 4. The Balaban J connectivity index is 1.33. The third kappa shape index (κ3) is 6.51. The highest BCUT2D eigenvalue weighted by molar-refractivity contribution is 6.00. The van der Waals surface area contributed by atoms with Crippen LogP contribution in [-0.2, 0) is 28.0 Å². The van der Waals surface area contributed by atoms with Crippen LogP contribution in [0, 0.1) is 32.1 Å². The average Bonchev–Trinajstić information content (AvgIpc) is 2.92. The summed E-state index contributed by atoms with van der Waals surface area (Å²) in [6, 6.07) is 12.6. The van der Waals surface area contributed by atoms with Gasteiger partial charge in [-0.1, -0.05) is 35.9 Å². The van der Waals surface area contributed by atoms with Crippen LogP contribution in [0.5, 0.6) is 0 Å². The standard InChI is InChI=1S/C33H42N4O3/c1-23-18-24(2)31(25(3)19-23)33(22-34)13-16-37(17-14-33)15-6-5-8-26-9-7-10-27(21-38)28(26)20-36(4)29-11-12-30(39)35-32(29)40/h7,9-10,18-19,21,29H,5-6,8,11-17,20H2,1-4H3,(H,35,39,40). The molecule has 2 aromatic carbocycles. The lowest BCUT2D eigenvalue weighted by Crippen LogP contribution is -2.51. The van der Waals surface area contributed by atoms with Crippen molar-refractivity contribution in [2.45, 2.75) is 83.7 Å². The first-order chi connectivity index (χ1) is 19.2. The van der Waals surface area contributed by atoms with Gasteiger partial charge in [0.25, 0.3) is 0 Å². The molecular formula is C33H42N4O3. The maximum absolute atomic E-state index is 12.4. The molecule has 1 unspecified atom stereocenters. The fraction of sp³-hybridized carbons (Fsp3) is 0.515. The summed E-state index contributed by atoms with van der Waals surface area (Å²) in [5.41, 5.74) is 7.27. The summed E-state index contributed by atoms with van der Waals surface area (Å²) >= 11 is 0. The quantitative estimate of drug-likeness (QED) is 0.269. The van der Waals surface area contributed by atoms with Crippen molar-refractivity contribution in [1.82, 2.24) is 15.1 Å². The predicted molar refractivity (Wildman–Crippen MR) is 156 cm³/mol. The number of likely N-dealkylation sites (N-methyl/N-ethyl adjacent to an activating group) is 1. The maximum atomic E-state index is 12.4. The second-order valence-electron chi connectivity index (χ2n) is 11.8. The van der Waals surface area contributed by atoms with Crippen molar-refractivity contribution in [2.24, 2.45) is 0 Å². The SMILES string of the molecule is Cc1cc(C)c(C2(C#N)CCN(CCCCc3cccc(C=O)c3CN(C)C3CCC(=O)NC3=O)CC2)c(C)c1. The Labute approximate surface area is 238 Å². The summed E-state index contributed by atoms with van der Waals surface area (Å²) < 4.78 is 0. The number of unbranched alkanes of at least 4 members (excludes halogenated alkanes) is 1. The lowest BCUT2D eigenvalue weighted by atomic mass is 9.70. The largest absolute Gasteiger partial charge is 0.303 e. The molecular weight excluding hydrogens is 500 g/mol. The molecule has 2 heterocycles. The smallest absolute Gasteiger partial charge is 0.243 e. The Hall–Kier alpha value is -3.34. The highest BCUT2D eigenvalue weighted by atomic mass is 16.2. The van der Waals surface area contributed by atoms with Gasteiger partial charge in [0.15, 0.2) is 0 Å². The van der Waals surface area contributed by atoms with E-state index in [1.807, 2.05) is 24.1 Å². The summed E-state index contributed by atoms with van der Waals surface area (Å²) in [4.78, 5) is 40.2. The van der Waals surface area contributed by atoms with Gasteiger partial charge in [-0.05, 0) is 114 Å². The van der Waals surface area contributed by atoms with Crippen LogP contribution in [0.4, 0.5) is 0 Å². The normalized spacial score (nSPS) is 19.4. The average molecular weight is 543 g/mol. The van der Waals surface area contributed by atoms with Crippen LogP contribution in [0.1, 0.15) is 82.3 Å². The number of imide groups is 1. The van der Waals surface area contributed by atoms with Gasteiger partial charge in [-0.25, -0.2) is 0 Å². The molecule has 212 valence electrons. The fourth-order valence-electron chi connectivity index (χ4n) is 6.82. The third-order valence-electron chi connectivity index (χ3n) is 8.84. The molecule has 1 N–H and O–H groups in total. The Kier molecular flexibility index (Phi) is 9.55. The lowest BCUT2D eigenvalue weighted by molar-refractivity contribution is -0.137. The van der Waals surface area contributed by atoms with E-state index in [0.29, 0.717) is 24.9 Å². The molecule has 7 heteroatoms. The van der Waals surface area contributed by atoms with Gasteiger partial charge in [0.05, 0.1) is 17.5 Å². The Morgan fingerprint density at radius 1 is 1.12 bits per heavy atom. The zero-order chi connectivity index (χ0) is 28.9. The molecule has 0 radical (unpaired) electrons. The first-order valence-electron chi connectivity index (χ1n) is 14.5. The van der Waals surface area contributed by atoms with E-state index in [-0.39, 0.29) is 17.9 Å². The highest BCUT2D eigenvalue weighted by Gasteiger charge is 2.38. The van der Waals surface area contributed by atoms with Crippen molar-refractivity contribution < 1.29 is 14.4 Å². The van der Waals surface area contributed by atoms with Crippen LogP contribution in [0.2, 0.25) is 0 Å². The molecule has 2 aromatic rings. The van der Waals surface area contributed by atoms with Gasteiger partial charge in [-0.3, -0.25) is 24.6 Å². The Morgan fingerprint density at radius 2 is 1.82 bits per heavy atom. The van der Waals surface area contributed by atoms with Crippen molar-refractivity contribution in [3.05, 3.63) is 69.3 Å². The van der Waals surface area contributed by atoms with E-state index in [0.717, 1.165) is 69.2 Å². The van der Waals surface area contributed by atoms with Gasteiger partial charge in [0, 0.05) is 18.5 Å². The number of carbonyl (C=O) groups is 3. The van der Waals surface area contributed by atoms with Crippen molar-refractivity contribution in [3.63, 3.8) is 0 Å². The molecule has 2 aliphatic rings. The molecule has 2 amide bonds. The number of hydrogen-bond donors (Lipinski definition) is 1. The van der Waals surface area contributed by atoms with Crippen LogP contribution < -0.4 is 5.32 Å². The van der Waals surface area contributed by atoms with Gasteiger partial charge < -0.3 is 4.90 Å². The number of carbonyl (C=O) groups excluding carboxylic acids is 3. The van der Waals surface area contributed by atoms with E-state index in [2.05, 4.69) is 55.3 Å². The Morgan fingerprint density at radius 3 is 2.45 bits per heavy atom. The molecule has 1 atom stereocenters. The van der Waals surface area contributed by atoms with E-state index in [1.54, 1.807) is 0 Å². The molecule has 40 heavy (non-hydrogen) atoms. The van der Waals surface area contributed by atoms with Gasteiger partial charge >= 0.3 is 0 Å². The number of amides is 2. The zero-order valence-electron chi connectivity index (χ0n) is 24.4. The summed E-state index contributed by atoms with van der Waals surface area (Å²) in [6.07, 6.45) is 6.31. The summed E-state index contributed by atoms with van der Waals surface area (Å²) in [5.74, 6) is -0.491. The van der Waals surface area contributed by atoms with Crippen LogP contribution >= 0.6 is 0 Å². The van der Waals surface area contributed by atoms with Gasteiger partial charge in [-0.2, -0.15) is 5.26 Å². The second kappa shape index (κ2) is 12.9. The topological polar surface area (TPSA) is 93.5 Å². The van der Waals surface area contributed by atoms with Gasteiger partial charge in [0.2, 0.25) is 11.8 Å². The monoisotopic (exact) mass is 542 g/mol. The highest BCUT2D eigenvalue weighted by Crippen LogP contribution is 2.39. The van der Waals surface area contributed by atoms with E-state index in [9.17, 15) is 19.6 Å². The van der Waals surface area contributed by atoms with Gasteiger partial charge in [-0.15, -0.1) is 0 Å². The summed E-state index contributed by atoms with van der Waals surface area (Å²) in [5, 5.41) is 12.7. The predicted octanol–water partition coefficient (Wildman–Crippen LogP) is 4.54.